The number of carbonyl (C=O) groups excluding carboxylic acids is 2. The van der Waals surface area contributed by atoms with Crippen LogP contribution in [0.5, 0.6) is 5.75 Å². The van der Waals surface area contributed by atoms with Gasteiger partial charge >= 0.3 is 0 Å². The number of anilines is 2. The molecule has 4 rings (SSSR count). The summed E-state index contributed by atoms with van der Waals surface area (Å²) in [4.78, 5) is 30.2. The fourth-order valence-electron chi connectivity index (χ4n) is 3.80. The lowest BCUT2D eigenvalue weighted by Gasteiger charge is -2.36. The molecule has 0 saturated carbocycles. The summed E-state index contributed by atoms with van der Waals surface area (Å²) in [6.07, 6.45) is -0.837. The number of amides is 2. The van der Waals surface area contributed by atoms with Crippen molar-refractivity contribution in [2.45, 2.75) is 13.0 Å². The molecule has 1 N–H and O–H groups in total. The normalized spacial score (nSPS) is 14.4. The summed E-state index contributed by atoms with van der Waals surface area (Å²) in [6.45, 7) is 4.32. The number of hydrogen-bond acceptors (Lipinski definition) is 4. The second-order valence-electron chi connectivity index (χ2n) is 7.98. The molecule has 1 atom stereocenters. The number of nitrogens with one attached hydrogen (secondary N) is 1. The molecule has 34 heavy (non-hydrogen) atoms. The monoisotopic (exact) mass is 497 g/mol. The number of para-hydroxylation sites is 2. The largest absolute Gasteiger partial charge is 0.479 e. The summed E-state index contributed by atoms with van der Waals surface area (Å²) in [6, 6.07) is 22.0. The van der Waals surface area contributed by atoms with Gasteiger partial charge in [-0.15, -0.1) is 0 Å². The first-order valence-corrected chi connectivity index (χ1v) is 11.8. The van der Waals surface area contributed by atoms with Gasteiger partial charge in [-0.3, -0.25) is 9.59 Å². The molecule has 0 aromatic heterocycles. The topological polar surface area (TPSA) is 61.9 Å². The Morgan fingerprint density at radius 2 is 1.59 bits per heavy atom. The van der Waals surface area contributed by atoms with Gasteiger partial charge < -0.3 is 19.9 Å². The molecule has 1 saturated heterocycles. The Morgan fingerprint density at radius 3 is 2.29 bits per heavy atom. The summed E-state index contributed by atoms with van der Waals surface area (Å²) in [5, 5.41) is 3.62. The van der Waals surface area contributed by atoms with Crippen molar-refractivity contribution >= 4 is 46.4 Å². The molecule has 3 aromatic rings. The molecule has 0 spiro atoms. The highest BCUT2D eigenvalue weighted by Crippen LogP contribution is 2.28. The molecule has 3 aromatic carbocycles. The fourth-order valence-corrected chi connectivity index (χ4v) is 4.26. The van der Waals surface area contributed by atoms with Crippen molar-refractivity contribution in [2.24, 2.45) is 0 Å². The number of benzene rings is 3. The van der Waals surface area contributed by atoms with E-state index in [-0.39, 0.29) is 11.8 Å². The number of carbonyl (C=O) groups is 2. The Morgan fingerprint density at radius 1 is 0.912 bits per heavy atom. The van der Waals surface area contributed by atoms with E-state index in [9.17, 15) is 9.59 Å². The van der Waals surface area contributed by atoms with Crippen LogP contribution in [0, 0.1) is 0 Å². The van der Waals surface area contributed by atoms with Gasteiger partial charge in [0.2, 0.25) is 0 Å². The van der Waals surface area contributed by atoms with Crippen LogP contribution in [0.3, 0.4) is 0 Å². The van der Waals surface area contributed by atoms with Crippen LogP contribution in [0.4, 0.5) is 11.4 Å². The Hall–Kier alpha value is -3.22. The van der Waals surface area contributed by atoms with Gasteiger partial charge in [-0.05, 0) is 49.4 Å². The van der Waals surface area contributed by atoms with Crippen molar-refractivity contribution in [2.75, 3.05) is 36.4 Å². The van der Waals surface area contributed by atoms with E-state index >= 15 is 0 Å². The number of hydrogen-bond donors (Lipinski definition) is 1. The Bertz CT molecular complexity index is 1160. The molecule has 8 heteroatoms. The lowest BCUT2D eigenvalue weighted by molar-refractivity contribution is -0.122. The van der Waals surface area contributed by atoms with E-state index in [1.54, 1.807) is 49.4 Å². The predicted octanol–water partition coefficient (Wildman–Crippen LogP) is 5.36. The molecule has 6 nitrogen and oxygen atoms in total. The maximum absolute atomic E-state index is 13.3. The molecule has 1 unspecified atom stereocenters. The maximum atomic E-state index is 13.3. The van der Waals surface area contributed by atoms with Crippen LogP contribution in [0.1, 0.15) is 17.3 Å². The Kier molecular flexibility index (Phi) is 7.60. The second-order valence-corrected chi connectivity index (χ2v) is 8.83. The summed E-state index contributed by atoms with van der Waals surface area (Å²) in [7, 11) is 0. The zero-order chi connectivity index (χ0) is 24.1. The SMILES string of the molecule is CC(Oc1ccc(Cl)cc1Cl)C(=O)Nc1ccccc1C(=O)N1CCN(c2ccccc2)CC1. The molecule has 1 aliphatic heterocycles. The number of piperazine rings is 1. The van der Waals surface area contributed by atoms with E-state index in [2.05, 4.69) is 22.3 Å². The van der Waals surface area contributed by atoms with E-state index in [0.29, 0.717) is 40.1 Å². The first-order valence-electron chi connectivity index (χ1n) is 11.0. The van der Waals surface area contributed by atoms with Crippen LogP contribution in [0.25, 0.3) is 0 Å². The van der Waals surface area contributed by atoms with E-state index in [1.807, 2.05) is 23.1 Å². The van der Waals surface area contributed by atoms with Gasteiger partial charge in [-0.2, -0.15) is 0 Å². The summed E-state index contributed by atoms with van der Waals surface area (Å²) >= 11 is 12.1. The standard InChI is InChI=1S/C26H25Cl2N3O3/c1-18(34-24-12-11-19(27)17-22(24)28)25(32)29-23-10-6-5-9-21(23)26(33)31-15-13-30(14-16-31)20-7-3-2-4-8-20/h2-12,17-18H,13-16H2,1H3,(H,29,32). The average Bonchev–Trinajstić information content (AvgIpc) is 2.86. The van der Waals surface area contributed by atoms with Gasteiger partial charge in [0.15, 0.2) is 6.10 Å². The van der Waals surface area contributed by atoms with Crippen molar-refractivity contribution < 1.29 is 14.3 Å². The minimum Gasteiger partial charge on any atom is -0.479 e. The minimum atomic E-state index is -0.837. The van der Waals surface area contributed by atoms with Crippen molar-refractivity contribution in [3.63, 3.8) is 0 Å². The van der Waals surface area contributed by atoms with Crippen molar-refractivity contribution in [3.05, 3.63) is 88.4 Å². The van der Waals surface area contributed by atoms with E-state index in [1.165, 1.54) is 0 Å². The fraction of sp³-hybridized carbons (Fsp3) is 0.231. The third-order valence-electron chi connectivity index (χ3n) is 5.67. The van der Waals surface area contributed by atoms with Crippen LogP contribution in [-0.2, 0) is 4.79 Å². The van der Waals surface area contributed by atoms with Crippen LogP contribution in [0.15, 0.2) is 72.8 Å². The maximum Gasteiger partial charge on any atom is 0.265 e. The lowest BCUT2D eigenvalue weighted by atomic mass is 10.1. The van der Waals surface area contributed by atoms with Crippen molar-refractivity contribution in [1.29, 1.82) is 0 Å². The van der Waals surface area contributed by atoms with Gasteiger partial charge in [-0.1, -0.05) is 53.5 Å². The van der Waals surface area contributed by atoms with Gasteiger partial charge in [-0.25, -0.2) is 0 Å². The molecule has 0 radical (unpaired) electrons. The molecule has 1 fully saturated rings. The van der Waals surface area contributed by atoms with E-state index in [4.69, 9.17) is 27.9 Å². The van der Waals surface area contributed by atoms with Crippen molar-refractivity contribution in [1.82, 2.24) is 4.90 Å². The van der Waals surface area contributed by atoms with Crippen LogP contribution >= 0.6 is 23.2 Å². The lowest BCUT2D eigenvalue weighted by Crippen LogP contribution is -2.49. The number of nitrogens with zero attached hydrogens (tertiary/aromatic N) is 2. The molecule has 2 amide bonds. The zero-order valence-electron chi connectivity index (χ0n) is 18.7. The summed E-state index contributed by atoms with van der Waals surface area (Å²) < 4.78 is 5.70. The molecule has 176 valence electrons. The summed E-state index contributed by atoms with van der Waals surface area (Å²) in [5.41, 5.74) is 2.04. The summed E-state index contributed by atoms with van der Waals surface area (Å²) in [5.74, 6) is -0.146. The minimum absolute atomic E-state index is 0.113. The third kappa shape index (κ3) is 5.64. The first kappa shape index (κ1) is 23.9. The Balaban J connectivity index is 1.40. The number of ether oxygens (including phenoxy) is 1. The van der Waals surface area contributed by atoms with E-state index < -0.39 is 6.10 Å². The Labute approximate surface area is 209 Å². The van der Waals surface area contributed by atoms with Crippen LogP contribution in [-0.4, -0.2) is 49.0 Å². The van der Waals surface area contributed by atoms with Crippen LogP contribution < -0.4 is 15.0 Å². The highest BCUT2D eigenvalue weighted by atomic mass is 35.5. The van der Waals surface area contributed by atoms with Crippen molar-refractivity contribution in [3.8, 4) is 5.75 Å². The third-order valence-corrected chi connectivity index (χ3v) is 6.20. The van der Waals surface area contributed by atoms with Crippen LogP contribution in [0.2, 0.25) is 10.0 Å². The predicted molar refractivity (Wildman–Crippen MR) is 136 cm³/mol. The highest BCUT2D eigenvalue weighted by Gasteiger charge is 2.25. The molecular formula is C26H25Cl2N3O3. The quantitative estimate of drug-likeness (QED) is 0.497. The van der Waals surface area contributed by atoms with E-state index in [0.717, 1.165) is 18.8 Å². The number of halogens is 2. The molecular weight excluding hydrogens is 473 g/mol. The second kappa shape index (κ2) is 10.8. The van der Waals surface area contributed by atoms with Gasteiger partial charge in [0.25, 0.3) is 11.8 Å². The molecule has 0 aliphatic carbocycles. The molecule has 0 bridgehead atoms. The molecule has 1 aliphatic rings. The van der Waals surface area contributed by atoms with Gasteiger partial charge in [0.05, 0.1) is 16.3 Å². The first-order chi connectivity index (χ1) is 16.4. The zero-order valence-corrected chi connectivity index (χ0v) is 20.2. The molecule has 1 heterocycles. The highest BCUT2D eigenvalue weighted by molar-refractivity contribution is 6.35. The van der Waals surface area contributed by atoms with Gasteiger partial charge in [0.1, 0.15) is 5.75 Å². The number of rotatable bonds is 6. The average molecular weight is 498 g/mol. The smallest absolute Gasteiger partial charge is 0.265 e. The van der Waals surface area contributed by atoms with Gasteiger partial charge in [0, 0.05) is 36.9 Å².